The minimum absolute atomic E-state index is 0.0855. The van der Waals surface area contributed by atoms with Gasteiger partial charge in [0.05, 0.1) is 10.5 Å². The van der Waals surface area contributed by atoms with Gasteiger partial charge in [-0.1, -0.05) is 13.8 Å². The molecule has 1 aromatic carbocycles. The third-order valence-corrected chi connectivity index (χ3v) is 3.46. The lowest BCUT2D eigenvalue weighted by atomic mass is 10.1. The third-order valence-electron chi connectivity index (χ3n) is 3.46. The minimum atomic E-state index is -1.18. The second kappa shape index (κ2) is 7.58. The molecule has 0 aliphatic rings. The zero-order valence-electron chi connectivity index (χ0n) is 12.5. The summed E-state index contributed by atoms with van der Waals surface area (Å²) in [7, 11) is 0. The summed E-state index contributed by atoms with van der Waals surface area (Å²) in [5, 5.41) is 23.1. The van der Waals surface area contributed by atoms with E-state index in [1.54, 1.807) is 6.92 Å². The Balaban J connectivity index is 2.95. The van der Waals surface area contributed by atoms with Crippen molar-refractivity contribution < 1.29 is 14.8 Å². The lowest BCUT2D eigenvalue weighted by Crippen LogP contribution is -2.28. The highest BCUT2D eigenvalue weighted by Crippen LogP contribution is 2.27. The lowest BCUT2D eigenvalue weighted by Gasteiger charge is -2.19. The first-order valence-corrected chi connectivity index (χ1v) is 6.89. The van der Waals surface area contributed by atoms with Crippen LogP contribution in [0.1, 0.15) is 29.8 Å². The van der Waals surface area contributed by atoms with Crippen LogP contribution in [-0.2, 0) is 0 Å². The Labute approximate surface area is 123 Å². The number of carboxylic acid groups (broad SMARTS) is 1. The first-order valence-electron chi connectivity index (χ1n) is 6.89. The van der Waals surface area contributed by atoms with Crippen LogP contribution < -0.4 is 5.32 Å². The van der Waals surface area contributed by atoms with Gasteiger partial charge in [-0.2, -0.15) is 0 Å². The van der Waals surface area contributed by atoms with Gasteiger partial charge in [-0.05, 0) is 26.1 Å². The fourth-order valence-electron chi connectivity index (χ4n) is 2.08. The van der Waals surface area contributed by atoms with E-state index in [4.69, 9.17) is 5.11 Å². The summed E-state index contributed by atoms with van der Waals surface area (Å²) in [6, 6.07) is 2.53. The van der Waals surface area contributed by atoms with Crippen LogP contribution >= 0.6 is 0 Å². The number of carbonyl (C=O) groups is 1. The van der Waals surface area contributed by atoms with Gasteiger partial charge in [0.25, 0.3) is 5.69 Å². The van der Waals surface area contributed by atoms with E-state index in [2.05, 4.69) is 24.1 Å². The monoisotopic (exact) mass is 295 g/mol. The Bertz CT molecular complexity index is 527. The normalized spacial score (nSPS) is 10.7. The predicted octanol–water partition coefficient (Wildman–Crippen LogP) is 2.36. The van der Waals surface area contributed by atoms with Crippen molar-refractivity contribution in [3.63, 3.8) is 0 Å². The van der Waals surface area contributed by atoms with E-state index in [9.17, 15) is 14.9 Å². The molecule has 0 bridgehead atoms. The SMILES string of the molecule is CCN(CC)CCNc1cc(C(=O)O)cc([N+](=O)[O-])c1C. The first-order chi connectivity index (χ1) is 9.90. The van der Waals surface area contributed by atoms with Gasteiger partial charge in [0.2, 0.25) is 0 Å². The zero-order chi connectivity index (χ0) is 16.0. The lowest BCUT2D eigenvalue weighted by molar-refractivity contribution is -0.385. The van der Waals surface area contributed by atoms with Crippen molar-refractivity contribution in [1.29, 1.82) is 0 Å². The molecule has 21 heavy (non-hydrogen) atoms. The molecule has 0 radical (unpaired) electrons. The predicted molar refractivity (Wildman–Crippen MR) is 81.1 cm³/mol. The van der Waals surface area contributed by atoms with Crippen LogP contribution in [0.3, 0.4) is 0 Å². The Kier molecular flexibility index (Phi) is 6.10. The van der Waals surface area contributed by atoms with Crippen LogP contribution in [-0.4, -0.2) is 47.1 Å². The number of likely N-dealkylation sites (N-methyl/N-ethyl adjacent to an activating group) is 1. The maximum absolute atomic E-state index is 11.1. The molecule has 0 amide bonds. The number of nitrogens with one attached hydrogen (secondary N) is 1. The van der Waals surface area contributed by atoms with Gasteiger partial charge in [0.15, 0.2) is 0 Å². The summed E-state index contributed by atoms with van der Waals surface area (Å²) in [6.07, 6.45) is 0. The van der Waals surface area contributed by atoms with E-state index in [1.165, 1.54) is 6.07 Å². The molecule has 0 saturated heterocycles. The Morgan fingerprint density at radius 2 is 2.00 bits per heavy atom. The van der Waals surface area contributed by atoms with Crippen LogP contribution in [0.25, 0.3) is 0 Å². The van der Waals surface area contributed by atoms with Gasteiger partial charge < -0.3 is 15.3 Å². The highest BCUT2D eigenvalue weighted by atomic mass is 16.6. The minimum Gasteiger partial charge on any atom is -0.478 e. The summed E-state index contributed by atoms with van der Waals surface area (Å²) in [6.45, 7) is 8.97. The van der Waals surface area contributed by atoms with Crippen molar-refractivity contribution in [2.24, 2.45) is 0 Å². The number of benzene rings is 1. The fourth-order valence-corrected chi connectivity index (χ4v) is 2.08. The van der Waals surface area contributed by atoms with Gasteiger partial charge in [-0.3, -0.25) is 10.1 Å². The average Bonchev–Trinajstić information content (AvgIpc) is 2.44. The number of aromatic carboxylic acids is 1. The average molecular weight is 295 g/mol. The number of hydrogen-bond acceptors (Lipinski definition) is 5. The number of nitrogens with zero attached hydrogens (tertiary/aromatic N) is 2. The molecular weight excluding hydrogens is 274 g/mol. The molecule has 0 spiro atoms. The molecule has 7 nitrogen and oxygen atoms in total. The molecule has 0 saturated carbocycles. The van der Waals surface area contributed by atoms with E-state index < -0.39 is 10.9 Å². The molecular formula is C14H21N3O4. The van der Waals surface area contributed by atoms with Gasteiger partial charge in [0, 0.05) is 30.4 Å². The van der Waals surface area contributed by atoms with E-state index in [-0.39, 0.29) is 11.3 Å². The van der Waals surface area contributed by atoms with Crippen molar-refractivity contribution in [3.8, 4) is 0 Å². The number of nitro benzene ring substituents is 1. The molecule has 2 N–H and O–H groups in total. The smallest absolute Gasteiger partial charge is 0.336 e. The molecule has 1 aromatic rings. The summed E-state index contributed by atoms with van der Waals surface area (Å²) < 4.78 is 0. The van der Waals surface area contributed by atoms with Crippen LogP contribution in [0.15, 0.2) is 12.1 Å². The second-order valence-electron chi connectivity index (χ2n) is 4.68. The molecule has 0 unspecified atom stereocenters. The van der Waals surface area contributed by atoms with E-state index in [0.717, 1.165) is 25.7 Å². The molecule has 0 atom stereocenters. The number of nitro groups is 1. The molecule has 116 valence electrons. The summed E-state index contributed by atoms with van der Waals surface area (Å²) in [5.41, 5.74) is 0.677. The van der Waals surface area contributed by atoms with Crippen LogP contribution in [0.4, 0.5) is 11.4 Å². The van der Waals surface area contributed by atoms with Crippen molar-refractivity contribution in [3.05, 3.63) is 33.4 Å². The summed E-state index contributed by atoms with van der Waals surface area (Å²) in [5.74, 6) is -1.18. The maximum Gasteiger partial charge on any atom is 0.336 e. The van der Waals surface area contributed by atoms with E-state index in [0.29, 0.717) is 17.8 Å². The van der Waals surface area contributed by atoms with Gasteiger partial charge in [-0.15, -0.1) is 0 Å². The molecule has 0 aromatic heterocycles. The largest absolute Gasteiger partial charge is 0.478 e. The van der Waals surface area contributed by atoms with Crippen LogP contribution in [0.2, 0.25) is 0 Å². The Morgan fingerprint density at radius 3 is 2.48 bits per heavy atom. The molecule has 0 aliphatic heterocycles. The van der Waals surface area contributed by atoms with Crippen molar-refractivity contribution in [2.45, 2.75) is 20.8 Å². The topological polar surface area (TPSA) is 95.7 Å². The molecule has 7 heteroatoms. The van der Waals surface area contributed by atoms with E-state index >= 15 is 0 Å². The number of carboxylic acids is 1. The van der Waals surface area contributed by atoms with Gasteiger partial charge in [0.1, 0.15) is 0 Å². The van der Waals surface area contributed by atoms with Crippen molar-refractivity contribution in [2.75, 3.05) is 31.5 Å². The van der Waals surface area contributed by atoms with Gasteiger partial charge in [-0.25, -0.2) is 4.79 Å². The third kappa shape index (κ3) is 4.42. The highest BCUT2D eigenvalue weighted by Gasteiger charge is 2.18. The first kappa shape index (κ1) is 16.9. The van der Waals surface area contributed by atoms with Crippen LogP contribution in [0.5, 0.6) is 0 Å². The summed E-state index contributed by atoms with van der Waals surface area (Å²) >= 11 is 0. The number of anilines is 1. The quantitative estimate of drug-likeness (QED) is 0.564. The van der Waals surface area contributed by atoms with Crippen LogP contribution in [0, 0.1) is 17.0 Å². The Hall–Kier alpha value is -2.15. The maximum atomic E-state index is 11.1. The Morgan fingerprint density at radius 1 is 1.38 bits per heavy atom. The highest BCUT2D eigenvalue weighted by molar-refractivity contribution is 5.90. The number of rotatable bonds is 8. The summed E-state index contributed by atoms with van der Waals surface area (Å²) in [4.78, 5) is 23.7. The second-order valence-corrected chi connectivity index (χ2v) is 4.68. The fraction of sp³-hybridized carbons (Fsp3) is 0.500. The van der Waals surface area contributed by atoms with Crippen molar-refractivity contribution in [1.82, 2.24) is 4.90 Å². The molecule has 0 fully saturated rings. The van der Waals surface area contributed by atoms with Gasteiger partial charge >= 0.3 is 5.97 Å². The molecule has 0 heterocycles. The van der Waals surface area contributed by atoms with E-state index in [1.807, 2.05) is 0 Å². The number of hydrogen-bond donors (Lipinski definition) is 2. The molecule has 0 aliphatic carbocycles. The standard InChI is InChI=1S/C14H21N3O4/c1-4-16(5-2)7-6-15-12-8-11(14(18)19)9-13(10(12)3)17(20)21/h8-9,15H,4-7H2,1-3H3,(H,18,19). The molecule has 1 rings (SSSR count). The van der Waals surface area contributed by atoms with Crippen molar-refractivity contribution >= 4 is 17.3 Å². The zero-order valence-corrected chi connectivity index (χ0v) is 12.5.